The van der Waals surface area contributed by atoms with E-state index < -0.39 is 5.60 Å². The number of aryl methyl sites for hydroxylation is 1. The Balaban J connectivity index is 1.49. The molecule has 2 saturated carbocycles. The quantitative estimate of drug-likeness (QED) is 0.826. The molecule has 5 nitrogen and oxygen atoms in total. The number of carbonyl (C=O) groups is 1. The summed E-state index contributed by atoms with van der Waals surface area (Å²) >= 11 is 1.48. The summed E-state index contributed by atoms with van der Waals surface area (Å²) in [4.78, 5) is 14.6. The molecule has 0 aliphatic heterocycles. The third kappa shape index (κ3) is 3.33. The van der Waals surface area contributed by atoms with Crippen molar-refractivity contribution in [3.8, 4) is 0 Å². The molecule has 1 amide bonds. The van der Waals surface area contributed by atoms with Gasteiger partial charge in [0.05, 0.1) is 16.2 Å². The van der Waals surface area contributed by atoms with Crippen LogP contribution in [-0.2, 0) is 0 Å². The topological polar surface area (TPSA) is 75.4 Å². The molecule has 0 radical (unpaired) electrons. The fourth-order valence-corrected chi connectivity index (χ4v) is 4.27. The molecule has 0 spiro atoms. The van der Waals surface area contributed by atoms with Gasteiger partial charge in [-0.25, -0.2) is 0 Å². The van der Waals surface area contributed by atoms with E-state index in [0.29, 0.717) is 18.0 Å². The summed E-state index contributed by atoms with van der Waals surface area (Å²) in [6.45, 7) is 3.89. The molecule has 132 valence electrons. The first-order valence-electron chi connectivity index (χ1n) is 8.65. The smallest absolute Gasteiger partial charge is 0.291 e. The second-order valence-electron chi connectivity index (χ2n) is 7.46. The zero-order valence-electron chi connectivity index (χ0n) is 14.4. The van der Waals surface area contributed by atoms with Crippen LogP contribution in [0.5, 0.6) is 0 Å². The number of nitrogens with zero attached hydrogens (tertiary/aromatic N) is 1. The Morgan fingerprint density at radius 1 is 1.40 bits per heavy atom. The number of rotatable bonds is 6. The minimum absolute atomic E-state index is 0.242. The average Bonchev–Trinajstić information content (AvgIpc) is 3.41. The van der Waals surface area contributed by atoms with Gasteiger partial charge >= 0.3 is 0 Å². The first-order valence-corrected chi connectivity index (χ1v) is 9.47. The number of hydrogen-bond acceptors (Lipinski definition) is 5. The molecular formula is C19H22N2O3S. The fraction of sp³-hybridized carbons (Fsp3) is 0.474. The molecule has 1 aromatic carbocycles. The lowest BCUT2D eigenvalue weighted by Crippen LogP contribution is -2.40. The van der Waals surface area contributed by atoms with E-state index in [1.54, 1.807) is 0 Å². The summed E-state index contributed by atoms with van der Waals surface area (Å²) in [5, 5.41) is 17.5. The molecule has 2 N–H and O–H groups in total. The molecule has 1 aromatic heterocycles. The number of nitrogens with one attached hydrogen (secondary N) is 1. The highest BCUT2D eigenvalue weighted by molar-refractivity contribution is 7.99. The van der Waals surface area contributed by atoms with Crippen LogP contribution in [-0.4, -0.2) is 27.3 Å². The lowest BCUT2D eigenvalue weighted by Gasteiger charge is -2.20. The van der Waals surface area contributed by atoms with Crippen molar-refractivity contribution in [2.45, 2.75) is 60.5 Å². The van der Waals surface area contributed by atoms with E-state index in [1.807, 2.05) is 44.2 Å². The molecule has 2 atom stereocenters. The number of amides is 1. The monoisotopic (exact) mass is 358 g/mol. The van der Waals surface area contributed by atoms with E-state index >= 15 is 0 Å². The molecule has 2 aromatic rings. The van der Waals surface area contributed by atoms with Gasteiger partial charge in [0.15, 0.2) is 0 Å². The van der Waals surface area contributed by atoms with E-state index in [0.717, 1.165) is 29.1 Å². The molecule has 4 rings (SSSR count). The van der Waals surface area contributed by atoms with Gasteiger partial charge in [-0.05, 0) is 50.7 Å². The number of benzene rings is 1. The minimum atomic E-state index is -0.608. The van der Waals surface area contributed by atoms with Gasteiger partial charge in [0, 0.05) is 10.4 Å². The van der Waals surface area contributed by atoms with Gasteiger partial charge in [-0.15, -0.1) is 0 Å². The Morgan fingerprint density at radius 2 is 2.08 bits per heavy atom. The molecule has 0 saturated heterocycles. The Labute approximate surface area is 151 Å². The molecule has 6 heteroatoms. The van der Waals surface area contributed by atoms with Crippen molar-refractivity contribution in [3.05, 3.63) is 41.8 Å². The number of aromatic nitrogens is 1. The fourth-order valence-electron chi connectivity index (χ4n) is 3.33. The van der Waals surface area contributed by atoms with E-state index in [4.69, 9.17) is 4.52 Å². The van der Waals surface area contributed by atoms with Crippen molar-refractivity contribution in [1.29, 1.82) is 0 Å². The second kappa shape index (κ2) is 5.88. The first kappa shape index (κ1) is 16.7. The molecule has 2 aliphatic carbocycles. The van der Waals surface area contributed by atoms with E-state index in [2.05, 4.69) is 10.5 Å². The van der Waals surface area contributed by atoms with Gasteiger partial charge < -0.3 is 14.9 Å². The summed E-state index contributed by atoms with van der Waals surface area (Å²) in [7, 11) is 0. The Kier molecular flexibility index (Phi) is 3.92. The zero-order chi connectivity index (χ0) is 17.7. The van der Waals surface area contributed by atoms with Crippen LogP contribution < -0.4 is 5.32 Å². The number of carbonyl (C=O) groups excluding carboxylic acids is 1. The van der Waals surface area contributed by atoms with E-state index in [-0.39, 0.29) is 17.2 Å². The van der Waals surface area contributed by atoms with Gasteiger partial charge in [0.25, 0.3) is 5.91 Å². The van der Waals surface area contributed by atoms with Crippen molar-refractivity contribution >= 4 is 17.7 Å². The summed E-state index contributed by atoms with van der Waals surface area (Å²) < 4.78 is 5.32. The van der Waals surface area contributed by atoms with Gasteiger partial charge in [0.2, 0.25) is 5.76 Å². The summed E-state index contributed by atoms with van der Waals surface area (Å²) in [5.74, 6) is 0.334. The lowest BCUT2D eigenvalue weighted by molar-refractivity contribution is 0.0813. The highest BCUT2D eigenvalue weighted by Crippen LogP contribution is 2.54. The van der Waals surface area contributed by atoms with Gasteiger partial charge in [-0.3, -0.25) is 4.79 Å². The summed E-state index contributed by atoms with van der Waals surface area (Å²) in [6.07, 6.45) is 3.26. The minimum Gasteiger partial charge on any atom is -0.390 e. The Bertz CT molecular complexity index is 800. The molecule has 2 fully saturated rings. The largest absolute Gasteiger partial charge is 0.390 e. The molecule has 1 unspecified atom stereocenters. The van der Waals surface area contributed by atoms with Crippen LogP contribution in [0.1, 0.15) is 48.9 Å². The van der Waals surface area contributed by atoms with Gasteiger partial charge in [0.1, 0.15) is 0 Å². The average molecular weight is 358 g/mol. The van der Waals surface area contributed by atoms with Crippen LogP contribution in [0, 0.1) is 12.8 Å². The van der Waals surface area contributed by atoms with Gasteiger partial charge in [-0.2, -0.15) is 0 Å². The SMILES string of the molecule is Cc1noc(C(=O)NC2(CC3(O)C[C@@H]3C)CC2)c1Sc1ccccc1. The maximum absolute atomic E-state index is 12.8. The zero-order valence-corrected chi connectivity index (χ0v) is 15.2. The van der Waals surface area contributed by atoms with Crippen LogP contribution in [0.3, 0.4) is 0 Å². The van der Waals surface area contributed by atoms with Crippen LogP contribution in [0.25, 0.3) is 0 Å². The van der Waals surface area contributed by atoms with E-state index in [1.165, 1.54) is 11.8 Å². The molecule has 1 heterocycles. The van der Waals surface area contributed by atoms with Crippen molar-refractivity contribution in [2.24, 2.45) is 5.92 Å². The van der Waals surface area contributed by atoms with Crippen LogP contribution >= 0.6 is 11.8 Å². The first-order chi connectivity index (χ1) is 11.9. The van der Waals surface area contributed by atoms with Crippen molar-refractivity contribution in [3.63, 3.8) is 0 Å². The summed E-state index contributed by atoms with van der Waals surface area (Å²) in [6, 6.07) is 9.86. The maximum Gasteiger partial charge on any atom is 0.291 e. The molecular weight excluding hydrogens is 336 g/mol. The summed E-state index contributed by atoms with van der Waals surface area (Å²) in [5.41, 5.74) is -0.187. The lowest BCUT2D eigenvalue weighted by atomic mass is 10.0. The van der Waals surface area contributed by atoms with Crippen molar-refractivity contribution < 1.29 is 14.4 Å². The van der Waals surface area contributed by atoms with Crippen molar-refractivity contribution in [2.75, 3.05) is 0 Å². The number of hydrogen-bond donors (Lipinski definition) is 2. The maximum atomic E-state index is 12.8. The third-order valence-electron chi connectivity index (χ3n) is 5.27. The predicted molar refractivity (Wildman–Crippen MR) is 94.6 cm³/mol. The van der Waals surface area contributed by atoms with E-state index in [9.17, 15) is 9.90 Å². The van der Waals surface area contributed by atoms with Crippen molar-refractivity contribution in [1.82, 2.24) is 10.5 Å². The highest BCUT2D eigenvalue weighted by atomic mass is 32.2. The van der Waals surface area contributed by atoms with Gasteiger partial charge in [-0.1, -0.05) is 42.0 Å². The third-order valence-corrected chi connectivity index (χ3v) is 6.46. The molecule has 2 aliphatic rings. The van der Waals surface area contributed by atoms with Crippen LogP contribution in [0.2, 0.25) is 0 Å². The highest BCUT2D eigenvalue weighted by Gasteiger charge is 2.58. The second-order valence-corrected chi connectivity index (χ2v) is 8.55. The Hall–Kier alpha value is -1.79. The predicted octanol–water partition coefficient (Wildman–Crippen LogP) is 3.56. The Morgan fingerprint density at radius 3 is 2.68 bits per heavy atom. The molecule has 25 heavy (non-hydrogen) atoms. The van der Waals surface area contributed by atoms with Crippen LogP contribution in [0.15, 0.2) is 44.6 Å². The molecule has 0 bridgehead atoms. The standard InChI is InChI=1S/C19H22N2O3S/c1-12-10-19(12,23)11-18(8-9-18)20-17(22)15-16(13(2)21-24-15)25-14-6-4-3-5-7-14/h3-7,12,23H,8-11H2,1-2H3,(H,20,22)/t12-,19?/m0/s1. The number of aliphatic hydroxyl groups is 1. The normalized spacial score (nSPS) is 26.3. The van der Waals surface area contributed by atoms with Crippen LogP contribution in [0.4, 0.5) is 0 Å².